The van der Waals surface area contributed by atoms with Gasteiger partial charge in [-0.25, -0.2) is 0 Å². The van der Waals surface area contributed by atoms with Crippen LogP contribution in [0.2, 0.25) is 0 Å². The maximum absolute atomic E-state index is 12.5. The molecule has 1 atom stereocenters. The Morgan fingerprint density at radius 3 is 2.11 bits per heavy atom. The third-order valence-electron chi connectivity index (χ3n) is 7.18. The van der Waals surface area contributed by atoms with Crippen molar-refractivity contribution < 1.29 is 18.8 Å². The fourth-order valence-electron chi connectivity index (χ4n) is 4.93. The first kappa shape index (κ1) is 31.9. The second-order valence-electron chi connectivity index (χ2n) is 11.4. The molecule has 0 saturated carbocycles. The van der Waals surface area contributed by atoms with Crippen molar-refractivity contribution in [2.24, 2.45) is 0 Å². The highest BCUT2D eigenvalue weighted by Crippen LogP contribution is 2.20. The number of ether oxygens (including phenoxy) is 2. The van der Waals surface area contributed by atoms with E-state index in [1.807, 2.05) is 19.1 Å². The summed E-state index contributed by atoms with van der Waals surface area (Å²) in [6.07, 6.45) is 15.5. The minimum atomic E-state index is -0.532. The molecule has 2 aromatic rings. The molecule has 212 valence electrons. The number of benzene rings is 2. The van der Waals surface area contributed by atoms with Crippen molar-refractivity contribution >= 4 is 5.97 Å². The molecule has 0 heterocycles. The second kappa shape index (κ2) is 18.8. The monoisotopic (exact) mass is 524 g/mol. The number of hydrogen-bond donors (Lipinski definition) is 0. The van der Waals surface area contributed by atoms with E-state index >= 15 is 0 Å². The lowest BCUT2D eigenvalue weighted by Crippen LogP contribution is -2.39. The summed E-state index contributed by atoms with van der Waals surface area (Å²) in [7, 11) is 4.49. The van der Waals surface area contributed by atoms with Crippen LogP contribution in [-0.4, -0.2) is 37.4 Å². The summed E-state index contributed by atoms with van der Waals surface area (Å²) in [6, 6.07) is 18.9. The van der Waals surface area contributed by atoms with Gasteiger partial charge in [-0.15, -0.1) is 0 Å². The third kappa shape index (κ3) is 14.6. The third-order valence-corrected chi connectivity index (χ3v) is 7.18. The molecular weight excluding hydrogens is 470 g/mol. The normalized spacial score (nSPS) is 12.3. The van der Waals surface area contributed by atoms with Crippen molar-refractivity contribution in [2.75, 3.05) is 20.6 Å². The van der Waals surface area contributed by atoms with Crippen LogP contribution < -0.4 is 4.74 Å². The van der Waals surface area contributed by atoms with Gasteiger partial charge in [0.15, 0.2) is 0 Å². The lowest BCUT2D eigenvalue weighted by atomic mass is 10.0. The SMILES string of the molecule is CCCCCCCCCCCc1cccc(OC(CC)OC(=O)CCCC[N+](C)(C)Cc2ccccc2)c1. The van der Waals surface area contributed by atoms with Gasteiger partial charge < -0.3 is 14.0 Å². The zero-order chi connectivity index (χ0) is 27.5. The smallest absolute Gasteiger partial charge is 0.308 e. The van der Waals surface area contributed by atoms with Gasteiger partial charge >= 0.3 is 5.97 Å². The van der Waals surface area contributed by atoms with Crippen LogP contribution in [0.3, 0.4) is 0 Å². The molecule has 38 heavy (non-hydrogen) atoms. The van der Waals surface area contributed by atoms with Gasteiger partial charge in [0.1, 0.15) is 12.3 Å². The molecule has 2 rings (SSSR count). The highest BCUT2D eigenvalue weighted by molar-refractivity contribution is 5.69. The average molecular weight is 525 g/mol. The molecule has 1 unspecified atom stereocenters. The molecular formula is C34H54NO3+. The topological polar surface area (TPSA) is 35.5 Å². The molecule has 0 saturated heterocycles. The van der Waals surface area contributed by atoms with Gasteiger partial charge in [0.2, 0.25) is 6.29 Å². The number of rotatable bonds is 21. The van der Waals surface area contributed by atoms with E-state index in [2.05, 4.69) is 63.5 Å². The van der Waals surface area contributed by atoms with Gasteiger partial charge in [0.05, 0.1) is 20.6 Å². The molecule has 0 fully saturated rings. The lowest BCUT2D eigenvalue weighted by Gasteiger charge is -2.30. The Kier molecular flexibility index (Phi) is 15.8. The van der Waals surface area contributed by atoms with Crippen LogP contribution in [-0.2, 0) is 22.5 Å². The molecule has 0 bridgehead atoms. The van der Waals surface area contributed by atoms with Crippen LogP contribution in [0, 0.1) is 0 Å². The zero-order valence-corrected chi connectivity index (χ0v) is 24.8. The maximum Gasteiger partial charge on any atom is 0.308 e. The number of hydrogen-bond acceptors (Lipinski definition) is 3. The number of quaternary nitrogens is 1. The second-order valence-corrected chi connectivity index (χ2v) is 11.4. The van der Waals surface area contributed by atoms with E-state index in [1.54, 1.807) is 0 Å². The summed E-state index contributed by atoms with van der Waals surface area (Å²) in [6.45, 7) is 6.29. The molecule has 0 aliphatic rings. The fourth-order valence-corrected chi connectivity index (χ4v) is 4.93. The summed E-state index contributed by atoms with van der Waals surface area (Å²) in [5.41, 5.74) is 2.64. The van der Waals surface area contributed by atoms with Crippen molar-refractivity contribution in [1.29, 1.82) is 0 Å². The van der Waals surface area contributed by atoms with Crippen LogP contribution >= 0.6 is 0 Å². The molecule has 0 spiro atoms. The van der Waals surface area contributed by atoms with E-state index in [4.69, 9.17) is 9.47 Å². The van der Waals surface area contributed by atoms with Crippen molar-refractivity contribution in [1.82, 2.24) is 0 Å². The Balaban J connectivity index is 1.63. The van der Waals surface area contributed by atoms with Crippen LogP contribution in [0.4, 0.5) is 0 Å². The van der Waals surface area contributed by atoms with Crippen LogP contribution in [0.15, 0.2) is 54.6 Å². The molecule has 0 aromatic heterocycles. The van der Waals surface area contributed by atoms with Crippen molar-refractivity contribution in [2.45, 2.75) is 117 Å². The summed E-state index contributed by atoms with van der Waals surface area (Å²) in [5, 5.41) is 0. The zero-order valence-electron chi connectivity index (χ0n) is 24.8. The predicted octanol–water partition coefficient (Wildman–Crippen LogP) is 8.86. The number of carbonyl (C=O) groups is 1. The minimum absolute atomic E-state index is 0.170. The molecule has 0 N–H and O–H groups in total. The van der Waals surface area contributed by atoms with Crippen LogP contribution in [0.1, 0.15) is 108 Å². The number of aryl methyl sites for hydroxylation is 1. The summed E-state index contributed by atoms with van der Waals surface area (Å²) >= 11 is 0. The largest absolute Gasteiger partial charge is 0.455 e. The highest BCUT2D eigenvalue weighted by Gasteiger charge is 2.17. The van der Waals surface area contributed by atoms with Gasteiger partial charge in [-0.1, -0.05) is 108 Å². The van der Waals surface area contributed by atoms with Crippen LogP contribution in [0.25, 0.3) is 0 Å². The van der Waals surface area contributed by atoms with Gasteiger partial charge in [-0.2, -0.15) is 0 Å². The van der Waals surface area contributed by atoms with E-state index in [0.29, 0.717) is 12.8 Å². The number of unbranched alkanes of at least 4 members (excludes halogenated alkanes) is 9. The Hall–Kier alpha value is -2.33. The molecule has 2 aromatic carbocycles. The Labute approximate surface area is 233 Å². The first-order valence-corrected chi connectivity index (χ1v) is 15.2. The molecule has 0 aliphatic heterocycles. The van der Waals surface area contributed by atoms with E-state index in [-0.39, 0.29) is 5.97 Å². The Morgan fingerprint density at radius 2 is 1.42 bits per heavy atom. The van der Waals surface area contributed by atoms with Gasteiger partial charge in [-0.3, -0.25) is 4.79 Å². The summed E-state index contributed by atoms with van der Waals surface area (Å²) in [5.74, 6) is 0.620. The standard InChI is InChI=1S/C34H54NO3/c1-5-7-8-9-10-11-12-13-15-21-30-24-20-25-32(28-30)37-34(6-2)38-33(36)26-18-19-27-35(3,4)29-31-22-16-14-17-23-31/h14,16-17,20,22-25,28,34H,5-13,15,18-19,21,26-27,29H2,1-4H3/q+1. The van der Waals surface area contributed by atoms with Gasteiger partial charge in [-0.05, 0) is 43.4 Å². The predicted molar refractivity (Wildman–Crippen MR) is 159 cm³/mol. The summed E-state index contributed by atoms with van der Waals surface area (Å²) < 4.78 is 12.6. The highest BCUT2D eigenvalue weighted by atomic mass is 16.7. The number of esters is 1. The molecule has 0 aliphatic carbocycles. The van der Waals surface area contributed by atoms with E-state index in [1.165, 1.54) is 68.9 Å². The Bertz CT molecular complexity index is 880. The average Bonchev–Trinajstić information content (AvgIpc) is 2.90. The molecule has 0 amide bonds. The number of carbonyl (C=O) groups excluding carboxylic acids is 1. The maximum atomic E-state index is 12.5. The van der Waals surface area contributed by atoms with Crippen molar-refractivity contribution in [3.8, 4) is 5.75 Å². The fraction of sp³-hybridized carbons (Fsp3) is 0.618. The van der Waals surface area contributed by atoms with Gasteiger partial charge in [0, 0.05) is 18.4 Å². The van der Waals surface area contributed by atoms with E-state index in [9.17, 15) is 4.79 Å². The minimum Gasteiger partial charge on any atom is -0.455 e. The van der Waals surface area contributed by atoms with E-state index < -0.39 is 6.29 Å². The van der Waals surface area contributed by atoms with Gasteiger partial charge in [0.25, 0.3) is 0 Å². The van der Waals surface area contributed by atoms with Crippen molar-refractivity contribution in [3.05, 3.63) is 65.7 Å². The number of nitrogens with zero attached hydrogens (tertiary/aromatic N) is 1. The summed E-state index contributed by atoms with van der Waals surface area (Å²) in [4.78, 5) is 12.5. The van der Waals surface area contributed by atoms with Crippen LogP contribution in [0.5, 0.6) is 5.75 Å². The quantitative estimate of drug-likeness (QED) is 0.0708. The molecule has 0 radical (unpaired) electrons. The first-order chi connectivity index (χ1) is 18.4. The first-order valence-electron chi connectivity index (χ1n) is 15.2. The Morgan fingerprint density at radius 1 is 0.763 bits per heavy atom. The lowest BCUT2D eigenvalue weighted by molar-refractivity contribution is -0.903. The van der Waals surface area contributed by atoms with E-state index in [0.717, 1.165) is 42.6 Å². The molecule has 4 nitrogen and oxygen atoms in total. The molecule has 4 heteroatoms. The van der Waals surface area contributed by atoms with Crippen molar-refractivity contribution in [3.63, 3.8) is 0 Å².